The van der Waals surface area contributed by atoms with Gasteiger partial charge >= 0.3 is 6.16 Å². The zero-order valence-corrected chi connectivity index (χ0v) is 12.1. The summed E-state index contributed by atoms with van der Waals surface area (Å²) < 4.78 is 4.61. The van der Waals surface area contributed by atoms with Crippen molar-refractivity contribution in [3.05, 3.63) is 10.8 Å². The first-order valence-corrected chi connectivity index (χ1v) is 7.17. The fourth-order valence-electron chi connectivity index (χ4n) is 2.06. The van der Waals surface area contributed by atoms with Crippen LogP contribution >= 0.6 is 11.8 Å². The monoisotopic (exact) mass is 333 g/mol. The Morgan fingerprint density at radius 3 is 2.68 bits per heavy atom. The van der Waals surface area contributed by atoms with Crippen molar-refractivity contribution in [2.75, 3.05) is 19.8 Å². The number of β-lactam (4-membered cyclic amide) rings is 1. The summed E-state index contributed by atoms with van der Waals surface area (Å²) in [6, 6.07) is -1.10. The van der Waals surface area contributed by atoms with Gasteiger partial charge in [-0.05, 0) is 0 Å². The number of carboxylic acid groups (broad SMARTS) is 1. The number of rotatable bonds is 6. The lowest BCUT2D eigenvalue weighted by Crippen LogP contribution is -2.58. The number of carbonyl (C=O) groups excluding carboxylic acids is 2. The summed E-state index contributed by atoms with van der Waals surface area (Å²) in [7, 11) is 0. The number of hydrogen-bond acceptors (Lipinski definition) is 8. The number of aliphatic hydroxyl groups excluding tert-OH is 2. The van der Waals surface area contributed by atoms with Crippen LogP contribution in [0.15, 0.2) is 10.8 Å². The van der Waals surface area contributed by atoms with Crippen LogP contribution in [0.5, 0.6) is 0 Å². The molecule has 3 atom stereocenters. The molecule has 0 unspecified atom stereocenters. The number of hydrogen-bond donors (Lipinski definition) is 5. The van der Waals surface area contributed by atoms with Crippen LogP contribution in [0.25, 0.3) is 0 Å². The number of thioether (sulfide) groups is 1. The number of carbonyl (C=O) groups is 3. The Bertz CT molecular complexity index is 538. The predicted molar refractivity (Wildman–Crippen MR) is 73.0 cm³/mol. The molecule has 0 radical (unpaired) electrons. The van der Waals surface area contributed by atoms with Gasteiger partial charge in [0.15, 0.2) is 0 Å². The summed E-state index contributed by atoms with van der Waals surface area (Å²) in [6.45, 7) is -0.989. The summed E-state index contributed by atoms with van der Waals surface area (Å²) in [5.74, 6) is -1.87. The van der Waals surface area contributed by atoms with Crippen LogP contribution < -0.4 is 11.1 Å². The molecule has 0 aliphatic carbocycles. The van der Waals surface area contributed by atoms with Gasteiger partial charge in [0.25, 0.3) is 0 Å². The molecule has 2 heterocycles. The van der Waals surface area contributed by atoms with E-state index in [4.69, 9.17) is 21.1 Å². The summed E-state index contributed by atoms with van der Waals surface area (Å²) in [6.07, 6.45) is -1.59. The number of nitrogens with two attached hydrogens (primary N) is 1. The molecule has 1 saturated heterocycles. The van der Waals surface area contributed by atoms with Crippen LogP contribution in [-0.2, 0) is 14.3 Å². The minimum Gasteiger partial charge on any atom is -0.449 e. The summed E-state index contributed by atoms with van der Waals surface area (Å²) >= 11 is 1.13. The van der Waals surface area contributed by atoms with E-state index in [1.165, 1.54) is 0 Å². The van der Waals surface area contributed by atoms with Gasteiger partial charge in [0, 0.05) is 0 Å². The molecule has 2 aliphatic rings. The molecule has 122 valence electrons. The fraction of sp³-hybridized carbons (Fsp3) is 0.545. The lowest BCUT2D eigenvalue weighted by Gasteiger charge is -2.40. The van der Waals surface area contributed by atoms with Crippen molar-refractivity contribution in [3.63, 3.8) is 0 Å². The van der Waals surface area contributed by atoms with Gasteiger partial charge in [-0.15, -0.1) is 0 Å². The van der Waals surface area contributed by atoms with Gasteiger partial charge in [-0.2, -0.15) is 0 Å². The number of aliphatic hydroxyl groups is 2. The van der Waals surface area contributed by atoms with Gasteiger partial charge in [-0.1, -0.05) is 11.8 Å². The first kappa shape index (κ1) is 16.5. The second kappa shape index (κ2) is 6.52. The molecule has 0 aromatic rings. The van der Waals surface area contributed by atoms with Crippen molar-refractivity contribution in [2.45, 2.75) is 11.4 Å². The maximum absolute atomic E-state index is 11.8. The van der Waals surface area contributed by atoms with Crippen molar-refractivity contribution in [1.29, 1.82) is 0 Å². The van der Waals surface area contributed by atoms with Crippen LogP contribution in [0, 0.1) is 5.92 Å². The van der Waals surface area contributed by atoms with E-state index in [1.54, 1.807) is 0 Å². The van der Waals surface area contributed by atoms with Crippen molar-refractivity contribution < 1.29 is 34.4 Å². The van der Waals surface area contributed by atoms with E-state index in [-0.39, 0.29) is 19.0 Å². The van der Waals surface area contributed by atoms with Crippen molar-refractivity contribution in [1.82, 2.24) is 10.2 Å². The third-order valence-electron chi connectivity index (χ3n) is 3.21. The van der Waals surface area contributed by atoms with Crippen molar-refractivity contribution in [2.24, 2.45) is 11.7 Å². The molecule has 0 bridgehead atoms. The van der Waals surface area contributed by atoms with E-state index < -0.39 is 41.9 Å². The van der Waals surface area contributed by atoms with Crippen LogP contribution in [0.2, 0.25) is 0 Å². The number of fused-ring (bicyclic) bond motifs is 1. The zero-order valence-electron chi connectivity index (χ0n) is 11.3. The first-order chi connectivity index (χ1) is 10.4. The van der Waals surface area contributed by atoms with E-state index in [1.807, 2.05) is 0 Å². The Labute approximate surface area is 128 Å². The van der Waals surface area contributed by atoms with Gasteiger partial charge in [-0.25, -0.2) is 4.79 Å². The Morgan fingerprint density at radius 2 is 2.14 bits per heavy atom. The Balaban J connectivity index is 2.10. The molecule has 2 rings (SSSR count). The maximum Gasteiger partial charge on any atom is 0.512 e. The number of nitrogens with zero attached hydrogens (tertiary/aromatic N) is 1. The van der Waals surface area contributed by atoms with Crippen LogP contribution in [-0.4, -0.2) is 69.4 Å². The average Bonchev–Trinajstić information content (AvgIpc) is 2.77. The second-order valence-corrected chi connectivity index (χ2v) is 5.82. The van der Waals surface area contributed by atoms with Gasteiger partial charge in [0.2, 0.25) is 17.7 Å². The van der Waals surface area contributed by atoms with E-state index in [0.717, 1.165) is 16.7 Å². The number of ether oxygens (including phenoxy) is 1. The van der Waals surface area contributed by atoms with Gasteiger partial charge in [0.1, 0.15) is 11.4 Å². The molecular weight excluding hydrogens is 318 g/mol. The van der Waals surface area contributed by atoms with Gasteiger partial charge in [0.05, 0.1) is 30.6 Å². The number of nitrogens with one attached hydrogen (secondary N) is 1. The SMILES string of the molecule is N[C@@H](CO)C(=O)NCC1=C(OC(=O)O)N2C(=O)[C@H](CO)[C@H]2S1. The minimum atomic E-state index is -1.59. The summed E-state index contributed by atoms with van der Waals surface area (Å²) in [5.41, 5.74) is 5.34. The lowest BCUT2D eigenvalue weighted by atomic mass is 10.00. The summed E-state index contributed by atoms with van der Waals surface area (Å²) in [4.78, 5) is 35.5. The standard InChI is InChI=1S/C11H15N3O7S/c12-5(3-16)7(17)13-1-6-9(21-11(19)20)14-8(18)4(2-15)10(14)22-6/h4-5,10,15-16H,1-3,12H2,(H,13,17)(H,19,20)/t4-,5-,10+/m0/s1. The fourth-order valence-corrected chi connectivity index (χ4v) is 3.42. The topological polar surface area (TPSA) is 162 Å². The third-order valence-corrected chi connectivity index (χ3v) is 4.60. The molecule has 0 aromatic carbocycles. The maximum atomic E-state index is 11.8. The highest BCUT2D eigenvalue weighted by atomic mass is 32.2. The van der Waals surface area contributed by atoms with E-state index in [0.29, 0.717) is 4.91 Å². The Kier molecular flexibility index (Phi) is 4.90. The number of amides is 2. The molecule has 0 spiro atoms. The highest BCUT2D eigenvalue weighted by Gasteiger charge is 2.55. The molecule has 0 aromatic heterocycles. The molecule has 10 nitrogen and oxygen atoms in total. The average molecular weight is 333 g/mol. The van der Waals surface area contributed by atoms with Crippen molar-refractivity contribution >= 4 is 29.7 Å². The zero-order chi connectivity index (χ0) is 16.4. The first-order valence-electron chi connectivity index (χ1n) is 6.29. The van der Waals surface area contributed by atoms with Gasteiger partial charge < -0.3 is 31.1 Å². The molecule has 2 amide bonds. The highest BCUT2D eigenvalue weighted by Crippen LogP contribution is 2.49. The molecular formula is C11H15N3O7S. The minimum absolute atomic E-state index is 0.0990. The smallest absolute Gasteiger partial charge is 0.449 e. The quantitative estimate of drug-likeness (QED) is 0.268. The van der Waals surface area contributed by atoms with Crippen LogP contribution in [0.4, 0.5) is 4.79 Å². The third kappa shape index (κ3) is 2.88. The highest BCUT2D eigenvalue weighted by molar-refractivity contribution is 8.04. The van der Waals surface area contributed by atoms with E-state index >= 15 is 0 Å². The Hall–Kier alpha value is -1.82. The van der Waals surface area contributed by atoms with Crippen molar-refractivity contribution in [3.8, 4) is 0 Å². The van der Waals surface area contributed by atoms with Gasteiger partial charge in [-0.3, -0.25) is 14.5 Å². The van der Waals surface area contributed by atoms with E-state index in [9.17, 15) is 14.4 Å². The molecule has 6 N–H and O–H groups in total. The lowest BCUT2D eigenvalue weighted by molar-refractivity contribution is -0.151. The second-order valence-electron chi connectivity index (χ2n) is 4.61. The molecule has 11 heteroatoms. The predicted octanol–water partition coefficient (Wildman–Crippen LogP) is -2.19. The largest absolute Gasteiger partial charge is 0.512 e. The van der Waals surface area contributed by atoms with E-state index in [2.05, 4.69) is 10.1 Å². The molecule has 2 aliphatic heterocycles. The van der Waals surface area contributed by atoms with Crippen LogP contribution in [0.3, 0.4) is 0 Å². The Morgan fingerprint density at radius 1 is 1.45 bits per heavy atom. The normalized spacial score (nSPS) is 24.7. The van der Waals surface area contributed by atoms with Crippen LogP contribution in [0.1, 0.15) is 0 Å². The molecule has 1 fully saturated rings. The molecule has 22 heavy (non-hydrogen) atoms. The molecule has 0 saturated carbocycles. The summed E-state index contributed by atoms with van der Waals surface area (Å²) in [5, 5.41) is 28.6.